The van der Waals surface area contributed by atoms with E-state index < -0.39 is 0 Å². The third-order valence-electron chi connectivity index (χ3n) is 8.44. The lowest BCUT2D eigenvalue weighted by atomic mass is 9.99. The van der Waals surface area contributed by atoms with Crippen LogP contribution in [0.1, 0.15) is 207 Å². The standard InChI is InChI=1S/C37H72O2/c1-4-6-7-8-9-10-18-22-25-28-31-34-37(38)39-35-32-29-26-23-20-17-15-13-11-12-14-16-19-21-24-27-30-33-36(3)5-2/h8-9,36H,4-7,10-35H2,1-3H3/b9-8-. The minimum absolute atomic E-state index is 0.0151. The summed E-state index contributed by atoms with van der Waals surface area (Å²) < 4.78 is 5.43. The van der Waals surface area contributed by atoms with Gasteiger partial charge in [0.1, 0.15) is 0 Å². The number of unbranched alkanes of at least 4 members (excludes halogenated alkanes) is 23. The maximum absolute atomic E-state index is 11.9. The van der Waals surface area contributed by atoms with Gasteiger partial charge in [0, 0.05) is 6.42 Å². The second-order valence-corrected chi connectivity index (χ2v) is 12.5. The van der Waals surface area contributed by atoms with Crippen LogP contribution in [0.2, 0.25) is 0 Å². The van der Waals surface area contributed by atoms with E-state index in [0.29, 0.717) is 13.0 Å². The average molecular weight is 549 g/mol. The van der Waals surface area contributed by atoms with E-state index in [9.17, 15) is 4.79 Å². The molecule has 0 aliphatic carbocycles. The molecule has 0 saturated heterocycles. The average Bonchev–Trinajstić information content (AvgIpc) is 2.94. The Hall–Kier alpha value is -0.790. The second-order valence-electron chi connectivity index (χ2n) is 12.5. The molecule has 0 aliphatic rings. The molecule has 0 aromatic heterocycles. The van der Waals surface area contributed by atoms with Crippen molar-refractivity contribution in [1.29, 1.82) is 0 Å². The normalized spacial score (nSPS) is 12.4. The Bertz CT molecular complexity index is 498. The fourth-order valence-corrected chi connectivity index (χ4v) is 5.33. The maximum atomic E-state index is 11.9. The molecule has 0 aromatic rings. The first-order chi connectivity index (χ1) is 19.2. The summed E-state index contributed by atoms with van der Waals surface area (Å²) in [6, 6.07) is 0. The highest BCUT2D eigenvalue weighted by Crippen LogP contribution is 2.16. The molecule has 0 bridgehead atoms. The van der Waals surface area contributed by atoms with Gasteiger partial charge in [-0.3, -0.25) is 4.79 Å². The van der Waals surface area contributed by atoms with Crippen LogP contribution in [0.25, 0.3) is 0 Å². The van der Waals surface area contributed by atoms with Crippen molar-refractivity contribution in [3.8, 4) is 0 Å². The zero-order valence-corrected chi connectivity index (χ0v) is 27.3. The predicted octanol–water partition coefficient (Wildman–Crippen LogP) is 13.1. The molecular formula is C37H72O2. The lowest BCUT2D eigenvalue weighted by Crippen LogP contribution is -2.05. The van der Waals surface area contributed by atoms with E-state index in [0.717, 1.165) is 25.2 Å². The van der Waals surface area contributed by atoms with Gasteiger partial charge >= 0.3 is 5.97 Å². The van der Waals surface area contributed by atoms with Gasteiger partial charge in [0.05, 0.1) is 6.61 Å². The van der Waals surface area contributed by atoms with Crippen molar-refractivity contribution in [2.24, 2.45) is 5.92 Å². The van der Waals surface area contributed by atoms with Crippen molar-refractivity contribution >= 4 is 5.97 Å². The van der Waals surface area contributed by atoms with E-state index in [2.05, 4.69) is 32.9 Å². The molecule has 0 radical (unpaired) electrons. The van der Waals surface area contributed by atoms with Crippen LogP contribution < -0.4 is 0 Å². The maximum Gasteiger partial charge on any atom is 0.305 e. The minimum atomic E-state index is 0.0151. The van der Waals surface area contributed by atoms with Crippen molar-refractivity contribution < 1.29 is 9.53 Å². The van der Waals surface area contributed by atoms with Crippen LogP contribution >= 0.6 is 0 Å². The molecule has 0 rings (SSSR count). The van der Waals surface area contributed by atoms with Gasteiger partial charge in [-0.25, -0.2) is 0 Å². The first kappa shape index (κ1) is 38.2. The Kier molecular flexibility index (Phi) is 32.7. The highest BCUT2D eigenvalue weighted by atomic mass is 16.5. The molecule has 0 saturated carbocycles. The van der Waals surface area contributed by atoms with E-state index >= 15 is 0 Å². The molecule has 0 spiro atoms. The van der Waals surface area contributed by atoms with Crippen LogP contribution in [0, 0.1) is 5.92 Å². The summed E-state index contributed by atoms with van der Waals surface area (Å²) in [5.41, 5.74) is 0. The van der Waals surface area contributed by atoms with Crippen molar-refractivity contribution in [3.63, 3.8) is 0 Å². The molecule has 39 heavy (non-hydrogen) atoms. The lowest BCUT2D eigenvalue weighted by Gasteiger charge is -2.07. The molecule has 0 amide bonds. The number of rotatable bonds is 32. The number of carbonyl (C=O) groups excluding carboxylic acids is 1. The molecule has 1 unspecified atom stereocenters. The van der Waals surface area contributed by atoms with Gasteiger partial charge in [-0.15, -0.1) is 0 Å². The molecule has 0 N–H and O–H groups in total. The van der Waals surface area contributed by atoms with Gasteiger partial charge in [0.15, 0.2) is 0 Å². The molecule has 0 aromatic carbocycles. The van der Waals surface area contributed by atoms with Crippen molar-refractivity contribution in [1.82, 2.24) is 0 Å². The van der Waals surface area contributed by atoms with Gasteiger partial charge in [0.2, 0.25) is 0 Å². The van der Waals surface area contributed by atoms with Crippen LogP contribution in [0.15, 0.2) is 12.2 Å². The SMILES string of the molecule is CCCC/C=C\CCCCCCCC(=O)OCCCCCCCCCCCCCCCCCCCC(C)CC. The summed E-state index contributed by atoms with van der Waals surface area (Å²) in [6.45, 7) is 7.58. The Balaban J connectivity index is 3.17. The smallest absolute Gasteiger partial charge is 0.305 e. The summed E-state index contributed by atoms with van der Waals surface area (Å²) in [7, 11) is 0. The van der Waals surface area contributed by atoms with Crippen LogP contribution in [-0.4, -0.2) is 12.6 Å². The molecule has 0 heterocycles. The summed E-state index contributed by atoms with van der Waals surface area (Å²) in [5, 5.41) is 0. The van der Waals surface area contributed by atoms with Gasteiger partial charge in [-0.05, 0) is 38.0 Å². The zero-order valence-electron chi connectivity index (χ0n) is 27.3. The Morgan fingerprint density at radius 1 is 0.538 bits per heavy atom. The molecule has 0 fully saturated rings. The Morgan fingerprint density at radius 2 is 0.949 bits per heavy atom. The monoisotopic (exact) mass is 549 g/mol. The summed E-state index contributed by atoms with van der Waals surface area (Å²) in [5.74, 6) is 0.946. The van der Waals surface area contributed by atoms with Crippen LogP contribution in [0.3, 0.4) is 0 Å². The molecule has 232 valence electrons. The number of hydrogen-bond acceptors (Lipinski definition) is 2. The van der Waals surface area contributed by atoms with Gasteiger partial charge in [0.25, 0.3) is 0 Å². The summed E-state index contributed by atoms with van der Waals surface area (Å²) in [4.78, 5) is 11.9. The minimum Gasteiger partial charge on any atom is -0.466 e. The van der Waals surface area contributed by atoms with Crippen LogP contribution in [0.5, 0.6) is 0 Å². The highest BCUT2D eigenvalue weighted by Gasteiger charge is 2.03. The molecule has 2 heteroatoms. The van der Waals surface area contributed by atoms with Crippen molar-refractivity contribution in [2.75, 3.05) is 6.61 Å². The molecular weight excluding hydrogens is 476 g/mol. The zero-order chi connectivity index (χ0) is 28.5. The lowest BCUT2D eigenvalue weighted by molar-refractivity contribution is -0.143. The van der Waals surface area contributed by atoms with Crippen LogP contribution in [-0.2, 0) is 9.53 Å². The van der Waals surface area contributed by atoms with E-state index in [4.69, 9.17) is 4.74 Å². The topological polar surface area (TPSA) is 26.3 Å². The number of esters is 1. The fraction of sp³-hybridized carbons (Fsp3) is 0.919. The third-order valence-corrected chi connectivity index (χ3v) is 8.44. The largest absolute Gasteiger partial charge is 0.466 e. The number of hydrogen-bond donors (Lipinski definition) is 0. The van der Waals surface area contributed by atoms with Crippen molar-refractivity contribution in [2.45, 2.75) is 207 Å². The Labute approximate surface area is 246 Å². The first-order valence-electron chi connectivity index (χ1n) is 18.0. The number of ether oxygens (including phenoxy) is 1. The molecule has 2 nitrogen and oxygen atoms in total. The first-order valence-corrected chi connectivity index (χ1v) is 18.0. The van der Waals surface area contributed by atoms with E-state index in [1.807, 2.05) is 0 Å². The fourth-order valence-electron chi connectivity index (χ4n) is 5.33. The van der Waals surface area contributed by atoms with Gasteiger partial charge in [-0.1, -0.05) is 181 Å². The third kappa shape index (κ3) is 33.3. The summed E-state index contributed by atoms with van der Waals surface area (Å²) in [6.07, 6.45) is 42.7. The van der Waals surface area contributed by atoms with E-state index in [-0.39, 0.29) is 5.97 Å². The summed E-state index contributed by atoms with van der Waals surface area (Å²) >= 11 is 0. The predicted molar refractivity (Wildman–Crippen MR) is 175 cm³/mol. The second kappa shape index (κ2) is 33.4. The van der Waals surface area contributed by atoms with Gasteiger partial charge < -0.3 is 4.74 Å². The molecule has 0 aliphatic heterocycles. The quantitative estimate of drug-likeness (QED) is 0.0474. The number of carbonyl (C=O) groups is 1. The van der Waals surface area contributed by atoms with Gasteiger partial charge in [-0.2, -0.15) is 0 Å². The molecule has 1 atom stereocenters. The van der Waals surface area contributed by atoms with E-state index in [1.54, 1.807) is 0 Å². The highest BCUT2D eigenvalue weighted by molar-refractivity contribution is 5.69. The van der Waals surface area contributed by atoms with Crippen LogP contribution in [0.4, 0.5) is 0 Å². The Morgan fingerprint density at radius 3 is 1.44 bits per heavy atom. The van der Waals surface area contributed by atoms with Crippen molar-refractivity contribution in [3.05, 3.63) is 12.2 Å². The number of allylic oxidation sites excluding steroid dienone is 2. The van der Waals surface area contributed by atoms with E-state index in [1.165, 1.54) is 161 Å².